The fourth-order valence-corrected chi connectivity index (χ4v) is 6.97. The van der Waals surface area contributed by atoms with Crippen molar-refractivity contribution in [2.45, 2.75) is 63.0 Å². The summed E-state index contributed by atoms with van der Waals surface area (Å²) in [6, 6.07) is 12.7. The van der Waals surface area contributed by atoms with Crippen molar-refractivity contribution in [2.75, 3.05) is 31.2 Å². The quantitative estimate of drug-likeness (QED) is 0.377. The van der Waals surface area contributed by atoms with Crippen LogP contribution in [0.1, 0.15) is 67.3 Å². The predicted octanol–water partition coefficient (Wildman–Crippen LogP) is 4.69. The molecule has 4 aromatic rings. The van der Waals surface area contributed by atoms with E-state index >= 15 is 0 Å². The minimum absolute atomic E-state index is 0.0322. The van der Waals surface area contributed by atoms with E-state index in [4.69, 9.17) is 25.2 Å². The number of piperidine rings is 1. The largest absolute Gasteiger partial charge is 0.490 e. The number of aromatic nitrogens is 5. The zero-order valence-electron chi connectivity index (χ0n) is 22.7. The first-order chi connectivity index (χ1) is 19.6. The summed E-state index contributed by atoms with van der Waals surface area (Å²) >= 11 is 0. The molecule has 0 unspecified atom stereocenters. The van der Waals surface area contributed by atoms with Gasteiger partial charge in [-0.15, -0.1) is 0 Å². The highest BCUT2D eigenvalue weighted by atomic mass is 16.5. The standard InChI is InChI=1S/C31H35N7O2/c32-30-24-16-23(40-22-7-13-39-14-8-22)5-3-21(24)17-31(30)9-11-38(12-10-31)27-18-33-28(29(34-27)19-1-2-19)20-4-6-25-26(15-20)36-37-35-25/h3-6,15-16,18-19,22,30H,1-2,7-14,17,32H2,(H,35,36,37)/t30-/m1/s1. The average molecular weight is 538 g/mol. The number of nitrogens with one attached hydrogen (secondary N) is 1. The van der Waals surface area contributed by atoms with Crippen LogP contribution in [-0.2, 0) is 11.2 Å². The summed E-state index contributed by atoms with van der Waals surface area (Å²) < 4.78 is 11.8. The zero-order chi connectivity index (χ0) is 26.7. The summed E-state index contributed by atoms with van der Waals surface area (Å²) in [5.74, 6) is 2.42. The van der Waals surface area contributed by atoms with Crippen LogP contribution in [0.3, 0.4) is 0 Å². The SMILES string of the molecule is N[C@@H]1c2cc(OC3CCOCC3)ccc2CC12CCN(c1cnc(-c3ccc4n[nH]nc4c3)c(C3CC3)n1)CC2. The van der Waals surface area contributed by atoms with Crippen LogP contribution >= 0.6 is 0 Å². The van der Waals surface area contributed by atoms with Gasteiger partial charge in [-0.1, -0.05) is 12.1 Å². The van der Waals surface area contributed by atoms with E-state index in [0.717, 1.165) is 98.0 Å². The van der Waals surface area contributed by atoms with Gasteiger partial charge in [-0.05, 0) is 72.9 Å². The molecule has 1 spiro atoms. The summed E-state index contributed by atoms with van der Waals surface area (Å²) in [4.78, 5) is 12.6. The van der Waals surface area contributed by atoms with Crippen LogP contribution in [0, 0.1) is 5.41 Å². The van der Waals surface area contributed by atoms with E-state index in [1.165, 1.54) is 24.0 Å². The van der Waals surface area contributed by atoms with Crippen molar-refractivity contribution in [1.29, 1.82) is 0 Å². The van der Waals surface area contributed by atoms with E-state index in [1.807, 2.05) is 12.3 Å². The molecule has 3 N–H and O–H groups in total. The number of fused-ring (bicyclic) bond motifs is 2. The zero-order valence-corrected chi connectivity index (χ0v) is 22.7. The highest BCUT2D eigenvalue weighted by Gasteiger charge is 2.46. The number of anilines is 1. The molecule has 0 bridgehead atoms. The number of nitrogens with zero attached hydrogens (tertiary/aromatic N) is 5. The number of aromatic amines is 1. The normalized spacial score (nSPS) is 22.6. The summed E-state index contributed by atoms with van der Waals surface area (Å²) in [6.45, 7) is 3.44. The molecule has 3 fully saturated rings. The molecule has 4 aliphatic rings. The second kappa shape index (κ2) is 9.52. The molecule has 8 rings (SSSR count). The molecule has 40 heavy (non-hydrogen) atoms. The van der Waals surface area contributed by atoms with Crippen LogP contribution in [0.15, 0.2) is 42.6 Å². The van der Waals surface area contributed by atoms with Gasteiger partial charge in [0.05, 0.1) is 30.8 Å². The van der Waals surface area contributed by atoms with Gasteiger partial charge in [-0.3, -0.25) is 4.98 Å². The lowest BCUT2D eigenvalue weighted by Crippen LogP contribution is -2.44. The Bertz CT molecular complexity index is 1550. The van der Waals surface area contributed by atoms with Crippen LogP contribution in [0.2, 0.25) is 0 Å². The summed E-state index contributed by atoms with van der Waals surface area (Å²) in [6.07, 6.45) is 9.57. The number of H-pyrrole nitrogens is 1. The fourth-order valence-electron chi connectivity index (χ4n) is 6.97. The molecule has 0 radical (unpaired) electrons. The van der Waals surface area contributed by atoms with Crippen molar-refractivity contribution in [3.8, 4) is 17.0 Å². The summed E-state index contributed by atoms with van der Waals surface area (Å²) in [7, 11) is 0. The number of hydrogen-bond acceptors (Lipinski definition) is 8. The Hall–Kier alpha value is -3.56. The third-order valence-electron chi connectivity index (χ3n) is 9.55. The number of rotatable bonds is 5. The van der Waals surface area contributed by atoms with Crippen molar-refractivity contribution < 1.29 is 9.47 Å². The van der Waals surface area contributed by atoms with Gasteiger partial charge in [0.15, 0.2) is 0 Å². The van der Waals surface area contributed by atoms with Crippen molar-refractivity contribution in [3.05, 3.63) is 59.4 Å². The third-order valence-corrected chi connectivity index (χ3v) is 9.55. The molecule has 1 atom stereocenters. The lowest BCUT2D eigenvalue weighted by atomic mass is 9.73. The molecule has 2 aliphatic carbocycles. The van der Waals surface area contributed by atoms with Gasteiger partial charge in [0.2, 0.25) is 0 Å². The number of hydrogen-bond donors (Lipinski definition) is 2. The molecule has 0 amide bonds. The Balaban J connectivity index is 0.991. The molecule has 2 saturated heterocycles. The Morgan fingerprint density at radius 3 is 2.62 bits per heavy atom. The second-order valence-electron chi connectivity index (χ2n) is 12.1. The lowest BCUT2D eigenvalue weighted by Gasteiger charge is -2.42. The van der Waals surface area contributed by atoms with Gasteiger partial charge in [0.1, 0.15) is 28.7 Å². The highest BCUT2D eigenvalue weighted by Crippen LogP contribution is 2.52. The average Bonchev–Trinajstić information content (AvgIpc) is 3.68. The minimum atomic E-state index is 0.0322. The second-order valence-corrected chi connectivity index (χ2v) is 12.1. The van der Waals surface area contributed by atoms with Crippen molar-refractivity contribution in [1.82, 2.24) is 25.4 Å². The first-order valence-corrected chi connectivity index (χ1v) is 14.7. The monoisotopic (exact) mass is 537 g/mol. The van der Waals surface area contributed by atoms with Gasteiger partial charge in [-0.25, -0.2) is 4.98 Å². The van der Waals surface area contributed by atoms with Crippen LogP contribution < -0.4 is 15.4 Å². The van der Waals surface area contributed by atoms with Gasteiger partial charge in [0.25, 0.3) is 0 Å². The summed E-state index contributed by atoms with van der Waals surface area (Å²) in [5.41, 5.74) is 14.6. The Kier molecular flexibility index (Phi) is 5.77. The van der Waals surface area contributed by atoms with Gasteiger partial charge < -0.3 is 20.1 Å². The maximum Gasteiger partial charge on any atom is 0.147 e. The molecule has 2 aromatic carbocycles. The first kappa shape index (κ1) is 24.3. The Labute approximate surface area is 233 Å². The first-order valence-electron chi connectivity index (χ1n) is 14.7. The van der Waals surface area contributed by atoms with Gasteiger partial charge in [0, 0.05) is 43.5 Å². The van der Waals surface area contributed by atoms with Gasteiger partial charge >= 0.3 is 0 Å². The maximum atomic E-state index is 7.00. The molecule has 9 heteroatoms. The number of nitrogens with two attached hydrogens (primary N) is 1. The summed E-state index contributed by atoms with van der Waals surface area (Å²) in [5, 5.41) is 11.1. The smallest absolute Gasteiger partial charge is 0.147 e. The van der Waals surface area contributed by atoms with Gasteiger partial charge in [-0.2, -0.15) is 15.4 Å². The van der Waals surface area contributed by atoms with Crippen molar-refractivity contribution in [2.24, 2.45) is 11.1 Å². The van der Waals surface area contributed by atoms with Crippen molar-refractivity contribution in [3.63, 3.8) is 0 Å². The van der Waals surface area contributed by atoms with Crippen LogP contribution in [0.5, 0.6) is 5.75 Å². The van der Waals surface area contributed by atoms with Crippen LogP contribution in [0.25, 0.3) is 22.3 Å². The third kappa shape index (κ3) is 4.23. The van der Waals surface area contributed by atoms with Crippen LogP contribution in [-0.4, -0.2) is 57.8 Å². The topological polar surface area (TPSA) is 115 Å². The Morgan fingerprint density at radius 2 is 1.80 bits per heavy atom. The van der Waals surface area contributed by atoms with E-state index < -0.39 is 0 Å². The molecule has 9 nitrogen and oxygen atoms in total. The van der Waals surface area contributed by atoms with E-state index in [0.29, 0.717) is 5.92 Å². The van der Waals surface area contributed by atoms with E-state index in [-0.39, 0.29) is 17.6 Å². The molecular weight excluding hydrogens is 502 g/mol. The number of benzene rings is 2. The maximum absolute atomic E-state index is 7.00. The highest BCUT2D eigenvalue weighted by molar-refractivity contribution is 5.80. The minimum Gasteiger partial charge on any atom is -0.490 e. The lowest BCUT2D eigenvalue weighted by molar-refractivity contribution is 0.0255. The number of ether oxygens (including phenoxy) is 2. The Morgan fingerprint density at radius 1 is 0.975 bits per heavy atom. The molecule has 2 aromatic heterocycles. The molecule has 206 valence electrons. The molecule has 4 heterocycles. The predicted molar refractivity (Wildman–Crippen MR) is 152 cm³/mol. The molecular formula is C31H35N7O2. The van der Waals surface area contributed by atoms with E-state index in [9.17, 15) is 0 Å². The molecule has 1 saturated carbocycles. The fraction of sp³-hybridized carbons (Fsp3) is 0.484. The molecule has 2 aliphatic heterocycles. The van der Waals surface area contributed by atoms with Crippen LogP contribution in [0.4, 0.5) is 5.82 Å². The van der Waals surface area contributed by atoms with E-state index in [2.05, 4.69) is 50.6 Å². The van der Waals surface area contributed by atoms with E-state index in [1.54, 1.807) is 0 Å². The van der Waals surface area contributed by atoms with Crippen molar-refractivity contribution >= 4 is 16.9 Å².